The van der Waals surface area contributed by atoms with Gasteiger partial charge in [0, 0.05) is 19.8 Å². The van der Waals surface area contributed by atoms with Crippen LogP contribution >= 0.6 is 0 Å². The third-order valence-electron chi connectivity index (χ3n) is 3.29. The van der Waals surface area contributed by atoms with Gasteiger partial charge in [-0.15, -0.1) is 0 Å². The molecule has 0 aliphatic carbocycles. The average molecular weight is 244 g/mol. The van der Waals surface area contributed by atoms with Gasteiger partial charge in [0.05, 0.1) is 6.10 Å². The molecule has 0 saturated carbocycles. The minimum absolute atomic E-state index is 0.0406. The molecule has 1 aliphatic heterocycles. The van der Waals surface area contributed by atoms with E-state index in [0.717, 1.165) is 0 Å². The Morgan fingerprint density at radius 1 is 0.941 bits per heavy atom. The Morgan fingerprint density at radius 2 is 1.47 bits per heavy atom. The number of ether oxygens (including phenoxy) is 3. The van der Waals surface area contributed by atoms with Crippen LogP contribution in [0.4, 0.5) is 0 Å². The molecule has 0 bridgehead atoms. The summed E-state index contributed by atoms with van der Waals surface area (Å²) in [4.78, 5) is 22.1. The zero-order valence-electron chi connectivity index (χ0n) is 10.9. The van der Waals surface area contributed by atoms with Gasteiger partial charge in [0.1, 0.15) is 0 Å². The zero-order chi connectivity index (χ0) is 13.2. The second-order valence-corrected chi connectivity index (χ2v) is 4.61. The number of hydrogen-bond acceptors (Lipinski definition) is 5. The van der Waals surface area contributed by atoms with Gasteiger partial charge < -0.3 is 14.2 Å². The lowest BCUT2D eigenvalue weighted by Gasteiger charge is -2.42. The highest BCUT2D eigenvalue weighted by atomic mass is 16.7. The summed E-state index contributed by atoms with van der Waals surface area (Å²) in [5.74, 6) is -0.538. The smallest absolute Gasteiger partial charge is 0.305 e. The second kappa shape index (κ2) is 5.49. The largest absolute Gasteiger partial charge is 0.456 e. The standard InChI is InChI=1S/C12H20O5/c1-6-7(2)11(16-9(4)13)12(15-8(6)3)17-10(5)14/h6-8,11-12H,1-5H3/t6-,7-,8?,11?,12?/m0/s1. The van der Waals surface area contributed by atoms with E-state index in [1.54, 1.807) is 0 Å². The van der Waals surface area contributed by atoms with Crippen LogP contribution in [0.25, 0.3) is 0 Å². The molecule has 5 nitrogen and oxygen atoms in total. The Hall–Kier alpha value is -1.10. The summed E-state index contributed by atoms with van der Waals surface area (Å²) in [6, 6.07) is 0. The lowest BCUT2D eigenvalue weighted by Crippen LogP contribution is -2.51. The van der Waals surface area contributed by atoms with Crippen molar-refractivity contribution < 1.29 is 23.8 Å². The van der Waals surface area contributed by atoms with Gasteiger partial charge in [-0.2, -0.15) is 0 Å². The SMILES string of the molecule is CC(=O)OC1OC(C)[C@@H](C)[C@H](C)C1OC(C)=O. The molecule has 1 saturated heterocycles. The zero-order valence-corrected chi connectivity index (χ0v) is 10.9. The Labute approximate surface area is 101 Å². The van der Waals surface area contributed by atoms with Crippen molar-refractivity contribution in [3.8, 4) is 0 Å². The van der Waals surface area contributed by atoms with Crippen LogP contribution in [-0.4, -0.2) is 30.4 Å². The molecule has 3 unspecified atom stereocenters. The van der Waals surface area contributed by atoms with Crippen molar-refractivity contribution in [2.45, 2.75) is 53.1 Å². The van der Waals surface area contributed by atoms with Crippen molar-refractivity contribution in [3.63, 3.8) is 0 Å². The number of carbonyl (C=O) groups is 2. The molecule has 0 aromatic carbocycles. The fraction of sp³-hybridized carbons (Fsp3) is 0.833. The van der Waals surface area contributed by atoms with Crippen molar-refractivity contribution in [2.24, 2.45) is 11.8 Å². The average Bonchev–Trinajstić information content (AvgIpc) is 2.20. The van der Waals surface area contributed by atoms with E-state index in [1.807, 2.05) is 20.8 Å². The van der Waals surface area contributed by atoms with Gasteiger partial charge in [0.15, 0.2) is 6.10 Å². The topological polar surface area (TPSA) is 61.8 Å². The third kappa shape index (κ3) is 3.43. The van der Waals surface area contributed by atoms with E-state index < -0.39 is 24.3 Å². The summed E-state index contributed by atoms with van der Waals surface area (Å²) >= 11 is 0. The highest BCUT2D eigenvalue weighted by Gasteiger charge is 2.43. The lowest BCUT2D eigenvalue weighted by atomic mass is 9.84. The number of hydrogen-bond donors (Lipinski definition) is 0. The molecular weight excluding hydrogens is 224 g/mol. The monoisotopic (exact) mass is 244 g/mol. The predicted octanol–water partition coefficient (Wildman–Crippen LogP) is 1.50. The fourth-order valence-corrected chi connectivity index (χ4v) is 2.00. The van der Waals surface area contributed by atoms with Gasteiger partial charge in [0.2, 0.25) is 6.29 Å². The number of rotatable bonds is 2. The van der Waals surface area contributed by atoms with Crippen molar-refractivity contribution in [2.75, 3.05) is 0 Å². The molecule has 0 aromatic rings. The van der Waals surface area contributed by atoms with E-state index >= 15 is 0 Å². The van der Waals surface area contributed by atoms with Crippen molar-refractivity contribution >= 4 is 11.9 Å². The van der Waals surface area contributed by atoms with Crippen LogP contribution in [0.1, 0.15) is 34.6 Å². The van der Waals surface area contributed by atoms with Crippen LogP contribution in [0.2, 0.25) is 0 Å². The molecule has 0 radical (unpaired) electrons. The summed E-state index contributed by atoms with van der Waals surface area (Å²) in [6.45, 7) is 8.55. The molecule has 1 rings (SSSR count). The van der Waals surface area contributed by atoms with E-state index in [1.165, 1.54) is 13.8 Å². The third-order valence-corrected chi connectivity index (χ3v) is 3.29. The van der Waals surface area contributed by atoms with Crippen LogP contribution in [0.3, 0.4) is 0 Å². The first-order valence-corrected chi connectivity index (χ1v) is 5.82. The van der Waals surface area contributed by atoms with Gasteiger partial charge in [-0.25, -0.2) is 0 Å². The Bertz CT molecular complexity index is 301. The minimum Gasteiger partial charge on any atom is -0.456 e. The van der Waals surface area contributed by atoms with E-state index in [-0.39, 0.29) is 17.9 Å². The fourth-order valence-electron chi connectivity index (χ4n) is 2.00. The van der Waals surface area contributed by atoms with Gasteiger partial charge in [-0.1, -0.05) is 13.8 Å². The summed E-state index contributed by atoms with van der Waals surface area (Å²) in [5, 5.41) is 0. The molecule has 1 heterocycles. The van der Waals surface area contributed by atoms with Crippen molar-refractivity contribution in [3.05, 3.63) is 0 Å². The maximum absolute atomic E-state index is 11.1. The molecular formula is C12H20O5. The normalized spacial score (nSPS) is 37.4. The highest BCUT2D eigenvalue weighted by molar-refractivity contribution is 5.67. The molecule has 1 aliphatic rings. The molecule has 5 atom stereocenters. The maximum atomic E-state index is 11.1. The van der Waals surface area contributed by atoms with Crippen LogP contribution in [0, 0.1) is 11.8 Å². The van der Waals surface area contributed by atoms with Crippen LogP contribution in [0.5, 0.6) is 0 Å². The molecule has 1 fully saturated rings. The van der Waals surface area contributed by atoms with E-state index in [9.17, 15) is 9.59 Å². The first kappa shape index (κ1) is 14.0. The van der Waals surface area contributed by atoms with Crippen LogP contribution in [-0.2, 0) is 23.8 Å². The number of esters is 2. The quantitative estimate of drug-likeness (QED) is 0.689. The first-order chi connectivity index (χ1) is 7.82. The Balaban J connectivity index is 2.82. The van der Waals surface area contributed by atoms with Gasteiger partial charge in [-0.3, -0.25) is 9.59 Å². The van der Waals surface area contributed by atoms with Gasteiger partial charge in [0.25, 0.3) is 0 Å². The summed E-state index contributed by atoms with van der Waals surface area (Å²) in [6.07, 6.45) is -1.39. The Kier molecular flexibility index (Phi) is 4.51. The molecule has 0 spiro atoms. The molecule has 98 valence electrons. The Morgan fingerprint density at radius 3 is 1.94 bits per heavy atom. The maximum Gasteiger partial charge on any atom is 0.305 e. The highest BCUT2D eigenvalue weighted by Crippen LogP contribution is 2.33. The summed E-state index contributed by atoms with van der Waals surface area (Å²) < 4.78 is 15.8. The van der Waals surface area contributed by atoms with E-state index in [2.05, 4.69) is 0 Å². The summed E-state index contributed by atoms with van der Waals surface area (Å²) in [7, 11) is 0. The number of carbonyl (C=O) groups excluding carboxylic acids is 2. The van der Waals surface area contributed by atoms with Crippen molar-refractivity contribution in [1.29, 1.82) is 0 Å². The predicted molar refractivity (Wildman–Crippen MR) is 60.0 cm³/mol. The first-order valence-electron chi connectivity index (χ1n) is 5.82. The van der Waals surface area contributed by atoms with Crippen LogP contribution in [0.15, 0.2) is 0 Å². The molecule has 0 aromatic heterocycles. The van der Waals surface area contributed by atoms with Crippen molar-refractivity contribution in [1.82, 2.24) is 0 Å². The molecule has 0 amide bonds. The summed E-state index contributed by atoms with van der Waals surface area (Å²) in [5.41, 5.74) is 0. The second-order valence-electron chi connectivity index (χ2n) is 4.61. The molecule has 5 heteroatoms. The van der Waals surface area contributed by atoms with Crippen LogP contribution < -0.4 is 0 Å². The lowest BCUT2D eigenvalue weighted by molar-refractivity contribution is -0.263. The van der Waals surface area contributed by atoms with E-state index in [4.69, 9.17) is 14.2 Å². The minimum atomic E-state index is -0.808. The molecule has 17 heavy (non-hydrogen) atoms. The van der Waals surface area contributed by atoms with Gasteiger partial charge in [-0.05, 0) is 12.8 Å². The molecule has 0 N–H and O–H groups in total. The van der Waals surface area contributed by atoms with Gasteiger partial charge >= 0.3 is 11.9 Å². The van der Waals surface area contributed by atoms with E-state index in [0.29, 0.717) is 0 Å².